The van der Waals surface area contributed by atoms with Gasteiger partial charge in [-0.25, -0.2) is 4.98 Å². The van der Waals surface area contributed by atoms with Crippen molar-refractivity contribution >= 4 is 11.4 Å². The highest BCUT2D eigenvalue weighted by Gasteiger charge is 2.32. The van der Waals surface area contributed by atoms with Crippen LogP contribution in [-0.2, 0) is 4.79 Å². The van der Waals surface area contributed by atoms with E-state index in [0.717, 1.165) is 36.4 Å². The predicted molar refractivity (Wildman–Crippen MR) is 86.2 cm³/mol. The van der Waals surface area contributed by atoms with Gasteiger partial charge >= 0.3 is 0 Å². The Labute approximate surface area is 131 Å². The Morgan fingerprint density at radius 3 is 2.86 bits per heavy atom. The summed E-state index contributed by atoms with van der Waals surface area (Å²) >= 11 is 0. The molecule has 0 saturated carbocycles. The highest BCUT2D eigenvalue weighted by atomic mass is 16.2. The zero-order valence-electron chi connectivity index (χ0n) is 13.6. The average molecular weight is 298 g/mol. The van der Waals surface area contributed by atoms with Gasteiger partial charge in [0.25, 0.3) is 5.91 Å². The molecule has 1 atom stereocenters. The van der Waals surface area contributed by atoms with E-state index in [-0.39, 0.29) is 11.9 Å². The van der Waals surface area contributed by atoms with Crippen LogP contribution in [-0.4, -0.2) is 31.7 Å². The van der Waals surface area contributed by atoms with Gasteiger partial charge in [-0.3, -0.25) is 14.2 Å². The van der Waals surface area contributed by atoms with Crippen LogP contribution in [0, 0.1) is 18.8 Å². The molecule has 1 fully saturated rings. The molecule has 0 bridgehead atoms. The maximum Gasteiger partial charge on any atom is 0.299 e. The Morgan fingerprint density at radius 2 is 2.14 bits per heavy atom. The summed E-state index contributed by atoms with van der Waals surface area (Å²) < 4.78 is 2.03. The lowest BCUT2D eigenvalue weighted by Gasteiger charge is -2.21. The van der Waals surface area contributed by atoms with Crippen LogP contribution in [0.4, 0.5) is 0 Å². The molecule has 1 aliphatic heterocycles. The van der Waals surface area contributed by atoms with Crippen molar-refractivity contribution in [1.82, 2.24) is 19.3 Å². The van der Waals surface area contributed by atoms with Gasteiger partial charge in [0.15, 0.2) is 0 Å². The summed E-state index contributed by atoms with van der Waals surface area (Å²) in [6, 6.07) is 0.00708. The zero-order valence-corrected chi connectivity index (χ0v) is 13.6. The van der Waals surface area contributed by atoms with Gasteiger partial charge in [-0.15, -0.1) is 0 Å². The van der Waals surface area contributed by atoms with Crippen LogP contribution in [0.1, 0.15) is 51.2 Å². The minimum Gasteiger partial charge on any atom is -0.322 e. The number of likely N-dealkylation sites (tertiary alicyclic amines) is 1. The van der Waals surface area contributed by atoms with Gasteiger partial charge < -0.3 is 4.90 Å². The Hall–Kier alpha value is -2.35. The molecule has 0 spiro atoms. The average Bonchev–Trinajstić information content (AvgIpc) is 3.16. The van der Waals surface area contributed by atoms with Crippen molar-refractivity contribution < 1.29 is 4.79 Å². The van der Waals surface area contributed by atoms with Gasteiger partial charge in [0.05, 0.1) is 23.4 Å². The number of aryl methyl sites for hydroxylation is 1. The van der Waals surface area contributed by atoms with Crippen molar-refractivity contribution in [2.45, 2.75) is 46.6 Å². The highest BCUT2D eigenvalue weighted by molar-refractivity contribution is 5.93. The first-order valence-electron chi connectivity index (χ1n) is 7.74. The van der Waals surface area contributed by atoms with E-state index in [1.807, 2.05) is 42.5 Å². The SMILES string of the molecule is CC.CC#CC(=O)N1CCC[C@H]1c1ncc2c(C)nccn12. The van der Waals surface area contributed by atoms with E-state index >= 15 is 0 Å². The number of aromatic nitrogens is 3. The molecule has 22 heavy (non-hydrogen) atoms. The van der Waals surface area contributed by atoms with E-state index in [4.69, 9.17) is 0 Å². The summed E-state index contributed by atoms with van der Waals surface area (Å²) in [5, 5.41) is 0. The normalized spacial score (nSPS) is 16.7. The number of hydrogen-bond acceptors (Lipinski definition) is 3. The Bertz CT molecular complexity index is 723. The number of carbonyl (C=O) groups excluding carboxylic acids is 1. The zero-order chi connectivity index (χ0) is 16.1. The highest BCUT2D eigenvalue weighted by Crippen LogP contribution is 2.31. The molecule has 0 radical (unpaired) electrons. The first-order chi connectivity index (χ1) is 10.7. The molecule has 116 valence electrons. The Balaban J connectivity index is 0.000000847. The minimum absolute atomic E-state index is 0.00708. The quantitative estimate of drug-likeness (QED) is 0.761. The lowest BCUT2D eigenvalue weighted by Crippen LogP contribution is -2.30. The number of imidazole rings is 1. The molecule has 1 amide bonds. The second kappa shape index (κ2) is 7.08. The summed E-state index contributed by atoms with van der Waals surface area (Å²) in [6.07, 6.45) is 7.40. The smallest absolute Gasteiger partial charge is 0.299 e. The van der Waals surface area contributed by atoms with Gasteiger partial charge in [0, 0.05) is 18.9 Å². The van der Waals surface area contributed by atoms with Gasteiger partial charge in [-0.2, -0.15) is 0 Å². The standard InChI is InChI=1S/C15H16N4O.C2H6/c1-3-5-14(20)18-8-4-6-12(18)15-17-10-13-11(2)16-7-9-19(13)15;1-2/h7,9-10,12H,4,6,8H2,1-2H3;1-2H3/t12-;/m0./s1. The molecule has 0 aliphatic carbocycles. The van der Waals surface area contributed by atoms with Crippen molar-refractivity contribution in [2.24, 2.45) is 0 Å². The maximum absolute atomic E-state index is 12.1. The largest absolute Gasteiger partial charge is 0.322 e. The number of rotatable bonds is 1. The predicted octanol–water partition coefficient (Wildman–Crippen LogP) is 2.75. The molecule has 3 heterocycles. The summed E-state index contributed by atoms with van der Waals surface area (Å²) in [7, 11) is 0. The molecule has 5 nitrogen and oxygen atoms in total. The summed E-state index contributed by atoms with van der Waals surface area (Å²) in [4.78, 5) is 22.7. The minimum atomic E-state index is -0.113. The maximum atomic E-state index is 12.1. The monoisotopic (exact) mass is 298 g/mol. The first kappa shape index (κ1) is 16.0. The lowest BCUT2D eigenvalue weighted by molar-refractivity contribution is -0.126. The summed E-state index contributed by atoms with van der Waals surface area (Å²) in [5.41, 5.74) is 1.93. The van der Waals surface area contributed by atoms with Crippen molar-refractivity contribution in [3.8, 4) is 11.8 Å². The van der Waals surface area contributed by atoms with Gasteiger partial charge in [-0.05, 0) is 32.6 Å². The fourth-order valence-electron chi connectivity index (χ4n) is 2.78. The number of fused-ring (bicyclic) bond motifs is 1. The molecular formula is C17H22N4O. The third kappa shape index (κ3) is 2.82. The molecule has 5 heteroatoms. The molecule has 1 aliphatic rings. The third-order valence-corrected chi connectivity index (χ3v) is 3.72. The molecule has 1 saturated heterocycles. The van der Waals surface area contributed by atoms with Crippen molar-refractivity contribution in [2.75, 3.05) is 6.54 Å². The number of amides is 1. The fourth-order valence-corrected chi connectivity index (χ4v) is 2.78. The second-order valence-electron chi connectivity index (χ2n) is 4.92. The van der Waals surface area contributed by atoms with Crippen LogP contribution < -0.4 is 0 Å². The van der Waals surface area contributed by atoms with Crippen molar-refractivity contribution in [3.63, 3.8) is 0 Å². The molecule has 2 aromatic heterocycles. The molecular weight excluding hydrogens is 276 g/mol. The van der Waals surface area contributed by atoms with Crippen molar-refractivity contribution in [1.29, 1.82) is 0 Å². The Kier molecular flexibility index (Phi) is 5.16. The second-order valence-corrected chi connectivity index (χ2v) is 4.92. The topological polar surface area (TPSA) is 50.5 Å². The first-order valence-corrected chi connectivity index (χ1v) is 7.74. The van der Waals surface area contributed by atoms with E-state index in [0.29, 0.717) is 0 Å². The lowest BCUT2D eigenvalue weighted by atomic mass is 10.2. The molecule has 0 aromatic carbocycles. The van der Waals surface area contributed by atoms with Gasteiger partial charge in [0.2, 0.25) is 0 Å². The van der Waals surface area contributed by atoms with E-state index in [2.05, 4.69) is 21.8 Å². The number of carbonyl (C=O) groups is 1. The van der Waals surface area contributed by atoms with E-state index in [9.17, 15) is 4.79 Å². The van der Waals surface area contributed by atoms with Crippen LogP contribution in [0.25, 0.3) is 5.52 Å². The summed E-state index contributed by atoms with van der Waals surface area (Å²) in [6.45, 7) is 8.39. The summed E-state index contributed by atoms with van der Waals surface area (Å²) in [5.74, 6) is 6.09. The van der Waals surface area contributed by atoms with Crippen molar-refractivity contribution in [3.05, 3.63) is 30.1 Å². The van der Waals surface area contributed by atoms with Crippen LogP contribution in [0.3, 0.4) is 0 Å². The fraction of sp³-hybridized carbons (Fsp3) is 0.471. The molecule has 3 rings (SSSR count). The third-order valence-electron chi connectivity index (χ3n) is 3.72. The van der Waals surface area contributed by atoms with Crippen LogP contribution in [0.15, 0.2) is 18.6 Å². The molecule has 2 aromatic rings. The molecule has 0 N–H and O–H groups in total. The van der Waals surface area contributed by atoms with Gasteiger partial charge in [0.1, 0.15) is 5.82 Å². The van der Waals surface area contributed by atoms with Crippen LogP contribution >= 0.6 is 0 Å². The number of hydrogen-bond donors (Lipinski definition) is 0. The van der Waals surface area contributed by atoms with E-state index < -0.39 is 0 Å². The van der Waals surface area contributed by atoms with E-state index in [1.54, 1.807) is 13.1 Å². The molecule has 0 unspecified atom stereocenters. The van der Waals surface area contributed by atoms with Crippen LogP contribution in [0.2, 0.25) is 0 Å². The number of nitrogens with zero attached hydrogens (tertiary/aromatic N) is 4. The van der Waals surface area contributed by atoms with Crippen LogP contribution in [0.5, 0.6) is 0 Å². The van der Waals surface area contributed by atoms with Gasteiger partial charge in [-0.1, -0.05) is 19.8 Å². The van der Waals surface area contributed by atoms with E-state index in [1.165, 1.54) is 0 Å². The Morgan fingerprint density at radius 1 is 1.36 bits per heavy atom.